The lowest BCUT2D eigenvalue weighted by Gasteiger charge is -2.38. The van der Waals surface area contributed by atoms with Crippen LogP contribution in [0.5, 0.6) is 0 Å². The summed E-state index contributed by atoms with van der Waals surface area (Å²) in [7, 11) is 0. The Hall–Kier alpha value is -4.60. The van der Waals surface area contributed by atoms with E-state index >= 15 is 0 Å². The third-order valence-electron chi connectivity index (χ3n) is 5.88. The molecule has 0 spiro atoms. The predicted molar refractivity (Wildman–Crippen MR) is 107 cm³/mol. The van der Waals surface area contributed by atoms with E-state index < -0.39 is 58.0 Å². The number of benzene rings is 2. The van der Waals surface area contributed by atoms with Gasteiger partial charge in [0.05, 0.1) is 5.57 Å². The molecule has 158 valence electrons. The van der Waals surface area contributed by atoms with Crippen molar-refractivity contribution in [1.29, 1.82) is 0 Å². The molecule has 1 atom stereocenters. The first kappa shape index (κ1) is 19.4. The molecule has 2 aromatic carbocycles. The standard InChI is InChI=1S/C22H13N3O7/c26-15-9-5-1-2-6-10(9)16(27)17(28)13(15)22(14-18(29)24-21(32)25-19(14)30)11-7-3-4-8-12(11)23-20(22)31/h1-8,14,26H,(H,23,31)(H2,24,25,29,30,32). The highest BCUT2D eigenvalue weighted by atomic mass is 16.3. The molecule has 5 amide bonds. The molecule has 2 aromatic rings. The molecule has 4 N–H and O–H groups in total. The van der Waals surface area contributed by atoms with Crippen molar-refractivity contribution in [3.05, 3.63) is 70.8 Å². The Labute approximate surface area is 179 Å². The number of aliphatic hydroxyl groups is 1. The summed E-state index contributed by atoms with van der Waals surface area (Å²) in [6.07, 6.45) is 0. The summed E-state index contributed by atoms with van der Waals surface area (Å²) in [6, 6.07) is 10.6. The average Bonchev–Trinajstić information content (AvgIpc) is 3.04. The highest BCUT2D eigenvalue weighted by Crippen LogP contribution is 2.52. The number of carbonyl (C=O) groups excluding carboxylic acids is 6. The summed E-state index contributed by atoms with van der Waals surface area (Å²) in [5.74, 6) is -8.15. The van der Waals surface area contributed by atoms with E-state index in [1.165, 1.54) is 42.5 Å². The van der Waals surface area contributed by atoms with E-state index in [1.807, 2.05) is 10.6 Å². The van der Waals surface area contributed by atoms with Crippen LogP contribution in [0, 0.1) is 5.92 Å². The number of hydrogen-bond acceptors (Lipinski definition) is 7. The van der Waals surface area contributed by atoms with Crippen molar-refractivity contribution in [1.82, 2.24) is 10.6 Å². The topological polar surface area (TPSA) is 159 Å². The van der Waals surface area contributed by atoms with Crippen LogP contribution in [0.25, 0.3) is 5.76 Å². The van der Waals surface area contributed by atoms with Gasteiger partial charge in [-0.25, -0.2) is 4.79 Å². The molecule has 10 heteroatoms. The SMILES string of the molecule is O=C1NC(=O)C(C2(C3=C(O)c4ccccc4C(=O)C3=O)C(=O)Nc3ccccc32)C(=O)N1. The third-order valence-corrected chi connectivity index (χ3v) is 5.88. The number of rotatable bonds is 2. The quantitative estimate of drug-likeness (QED) is 0.400. The number of anilines is 1. The van der Waals surface area contributed by atoms with Crippen molar-refractivity contribution < 1.29 is 33.9 Å². The lowest BCUT2D eigenvalue weighted by atomic mass is 9.61. The van der Waals surface area contributed by atoms with E-state index in [0.29, 0.717) is 0 Å². The van der Waals surface area contributed by atoms with Crippen LogP contribution in [0.1, 0.15) is 21.5 Å². The van der Waals surface area contributed by atoms with Gasteiger partial charge in [0.25, 0.3) is 0 Å². The predicted octanol–water partition coefficient (Wildman–Crippen LogP) is 0.593. The molecule has 2 heterocycles. The molecule has 2 aliphatic heterocycles. The Bertz CT molecular complexity index is 1320. The van der Waals surface area contributed by atoms with Gasteiger partial charge < -0.3 is 10.4 Å². The van der Waals surface area contributed by atoms with Gasteiger partial charge in [-0.3, -0.25) is 34.6 Å². The number of carbonyl (C=O) groups is 6. The Kier molecular flexibility index (Phi) is 3.90. The number of urea groups is 1. The monoisotopic (exact) mass is 431 g/mol. The second-order valence-electron chi connectivity index (χ2n) is 7.48. The fourth-order valence-electron chi connectivity index (χ4n) is 4.60. The molecule has 1 fully saturated rings. The fourth-order valence-corrected chi connectivity index (χ4v) is 4.60. The van der Waals surface area contributed by atoms with Crippen molar-refractivity contribution in [3.8, 4) is 0 Å². The van der Waals surface area contributed by atoms with Gasteiger partial charge in [-0.2, -0.15) is 0 Å². The van der Waals surface area contributed by atoms with E-state index in [-0.39, 0.29) is 22.4 Å². The summed E-state index contributed by atoms with van der Waals surface area (Å²) >= 11 is 0. The first-order valence-electron chi connectivity index (χ1n) is 9.47. The van der Waals surface area contributed by atoms with Gasteiger partial charge in [0.15, 0.2) is 0 Å². The van der Waals surface area contributed by atoms with Crippen LogP contribution in [0.3, 0.4) is 0 Å². The Morgan fingerprint density at radius 2 is 1.31 bits per heavy atom. The van der Waals surface area contributed by atoms with Gasteiger partial charge in [0, 0.05) is 16.8 Å². The Balaban J connectivity index is 1.90. The second-order valence-corrected chi connectivity index (χ2v) is 7.48. The number of hydrogen-bond donors (Lipinski definition) is 4. The van der Waals surface area contributed by atoms with Crippen molar-refractivity contribution in [2.45, 2.75) is 5.41 Å². The fraction of sp³-hybridized carbons (Fsp3) is 0.0909. The average molecular weight is 431 g/mol. The molecule has 32 heavy (non-hydrogen) atoms. The van der Waals surface area contributed by atoms with E-state index in [0.717, 1.165) is 0 Å². The van der Waals surface area contributed by atoms with Crippen molar-refractivity contribution >= 4 is 46.8 Å². The molecule has 0 bridgehead atoms. The first-order valence-corrected chi connectivity index (χ1v) is 9.47. The molecular formula is C22H13N3O7. The number of para-hydroxylation sites is 1. The highest BCUT2D eigenvalue weighted by molar-refractivity contribution is 6.54. The molecule has 10 nitrogen and oxygen atoms in total. The minimum absolute atomic E-state index is 0.0173. The maximum absolute atomic E-state index is 13.5. The summed E-state index contributed by atoms with van der Waals surface area (Å²) in [6.45, 7) is 0. The zero-order valence-electron chi connectivity index (χ0n) is 16.1. The number of imide groups is 2. The number of ketones is 2. The summed E-state index contributed by atoms with van der Waals surface area (Å²) in [5, 5.41) is 17.5. The van der Waals surface area contributed by atoms with E-state index in [9.17, 15) is 33.9 Å². The maximum Gasteiger partial charge on any atom is 0.328 e. The van der Waals surface area contributed by atoms with E-state index in [2.05, 4.69) is 5.32 Å². The second kappa shape index (κ2) is 6.45. The van der Waals surface area contributed by atoms with Gasteiger partial charge in [0.2, 0.25) is 29.3 Å². The first-order chi connectivity index (χ1) is 15.3. The lowest BCUT2D eigenvalue weighted by Crippen LogP contribution is -2.64. The molecule has 0 aromatic heterocycles. The summed E-state index contributed by atoms with van der Waals surface area (Å²) < 4.78 is 0. The molecule has 1 saturated heterocycles. The summed E-state index contributed by atoms with van der Waals surface area (Å²) in [4.78, 5) is 77.1. The van der Waals surface area contributed by atoms with Crippen LogP contribution in [-0.2, 0) is 24.6 Å². The highest BCUT2D eigenvalue weighted by Gasteiger charge is 2.65. The smallest absolute Gasteiger partial charge is 0.328 e. The molecule has 0 saturated carbocycles. The number of barbiturate groups is 1. The molecule has 5 rings (SSSR count). The minimum atomic E-state index is -2.39. The number of Topliss-reactive ketones (excluding diaryl/α,β-unsaturated/α-hetero) is 2. The van der Waals surface area contributed by atoms with Crippen LogP contribution in [-0.4, -0.2) is 40.4 Å². The van der Waals surface area contributed by atoms with Gasteiger partial charge in [-0.15, -0.1) is 0 Å². The van der Waals surface area contributed by atoms with Crippen LogP contribution < -0.4 is 16.0 Å². The van der Waals surface area contributed by atoms with Gasteiger partial charge in [-0.1, -0.05) is 42.5 Å². The van der Waals surface area contributed by atoms with E-state index in [4.69, 9.17) is 0 Å². The Morgan fingerprint density at radius 1 is 0.719 bits per heavy atom. The summed E-state index contributed by atoms with van der Waals surface area (Å²) in [5.41, 5.74) is -2.96. The third kappa shape index (κ3) is 2.28. The van der Waals surface area contributed by atoms with E-state index in [1.54, 1.807) is 6.07 Å². The Morgan fingerprint density at radius 3 is 2.00 bits per heavy atom. The van der Waals surface area contributed by atoms with Crippen molar-refractivity contribution in [3.63, 3.8) is 0 Å². The minimum Gasteiger partial charge on any atom is -0.507 e. The zero-order chi connectivity index (χ0) is 22.8. The molecule has 1 aliphatic carbocycles. The lowest BCUT2D eigenvalue weighted by molar-refractivity contribution is -0.142. The molecule has 3 aliphatic rings. The molecule has 0 radical (unpaired) electrons. The largest absolute Gasteiger partial charge is 0.507 e. The van der Waals surface area contributed by atoms with Gasteiger partial charge in [0.1, 0.15) is 17.1 Å². The number of amides is 5. The van der Waals surface area contributed by atoms with Gasteiger partial charge >= 0.3 is 6.03 Å². The van der Waals surface area contributed by atoms with Crippen LogP contribution >= 0.6 is 0 Å². The zero-order valence-corrected chi connectivity index (χ0v) is 16.1. The van der Waals surface area contributed by atoms with Crippen LogP contribution in [0.2, 0.25) is 0 Å². The molecule has 1 unspecified atom stereocenters. The number of fused-ring (bicyclic) bond motifs is 2. The van der Waals surface area contributed by atoms with Crippen molar-refractivity contribution in [2.75, 3.05) is 5.32 Å². The number of nitrogens with one attached hydrogen (secondary N) is 3. The molecular weight excluding hydrogens is 418 g/mol. The maximum atomic E-state index is 13.5. The van der Waals surface area contributed by atoms with Gasteiger partial charge in [-0.05, 0) is 11.6 Å². The number of aliphatic hydroxyl groups excluding tert-OH is 1. The van der Waals surface area contributed by atoms with Crippen LogP contribution in [0.15, 0.2) is 54.1 Å². The van der Waals surface area contributed by atoms with Crippen LogP contribution in [0.4, 0.5) is 10.5 Å². The normalized spacial score (nSPS) is 22.9. The van der Waals surface area contributed by atoms with Crippen molar-refractivity contribution in [2.24, 2.45) is 5.92 Å².